The van der Waals surface area contributed by atoms with E-state index in [2.05, 4.69) is 25.5 Å². The Labute approximate surface area is 201 Å². The van der Waals surface area contributed by atoms with E-state index >= 15 is 0 Å². The molecule has 2 N–H and O–H groups in total. The van der Waals surface area contributed by atoms with Crippen LogP contribution in [-0.4, -0.2) is 78.2 Å². The highest BCUT2D eigenvalue weighted by atomic mass is 16.5. The van der Waals surface area contributed by atoms with E-state index in [1.165, 1.54) is 25.9 Å². The number of methoxy groups -OCH3 is 1. The molecule has 1 aromatic heterocycles. The van der Waals surface area contributed by atoms with E-state index in [-0.39, 0.29) is 5.91 Å². The van der Waals surface area contributed by atoms with Crippen LogP contribution in [0.4, 0.5) is 17.5 Å². The van der Waals surface area contributed by atoms with Crippen molar-refractivity contribution in [2.75, 3.05) is 57.1 Å². The molecule has 2 aromatic rings. The Kier molecular flexibility index (Phi) is 8.41. The van der Waals surface area contributed by atoms with Crippen LogP contribution >= 0.6 is 0 Å². The van der Waals surface area contributed by atoms with Crippen LogP contribution in [0.3, 0.4) is 0 Å². The van der Waals surface area contributed by atoms with Gasteiger partial charge in [-0.2, -0.15) is 4.98 Å². The van der Waals surface area contributed by atoms with Gasteiger partial charge >= 0.3 is 0 Å². The van der Waals surface area contributed by atoms with Crippen molar-refractivity contribution in [3.05, 3.63) is 30.5 Å². The Morgan fingerprint density at radius 2 is 1.91 bits per heavy atom. The molecule has 9 heteroatoms. The molecule has 2 aliphatic rings. The summed E-state index contributed by atoms with van der Waals surface area (Å²) in [5, 5.41) is 6.75. The highest BCUT2D eigenvalue weighted by Crippen LogP contribution is 2.31. The summed E-state index contributed by atoms with van der Waals surface area (Å²) in [7, 11) is 1.65. The number of aromatic nitrogens is 2. The molecule has 0 radical (unpaired) electrons. The molecule has 0 spiro atoms. The topological polar surface area (TPSA) is 91.9 Å². The number of carbonyl (C=O) groups excluding carboxylic acids is 1. The van der Waals surface area contributed by atoms with E-state index in [1.54, 1.807) is 20.2 Å². The molecule has 1 aromatic carbocycles. The third-order valence-electron chi connectivity index (χ3n) is 6.44. The molecule has 0 bridgehead atoms. The van der Waals surface area contributed by atoms with E-state index in [0.717, 1.165) is 50.4 Å². The second-order valence-electron chi connectivity index (χ2n) is 8.93. The van der Waals surface area contributed by atoms with Gasteiger partial charge in [-0.25, -0.2) is 4.98 Å². The second kappa shape index (κ2) is 11.9. The first-order valence-electron chi connectivity index (χ1n) is 12.3. The predicted octanol–water partition coefficient (Wildman–Crippen LogP) is 3.52. The lowest BCUT2D eigenvalue weighted by Gasteiger charge is -2.31. The number of ether oxygens (including phenoxy) is 2. The summed E-state index contributed by atoms with van der Waals surface area (Å²) in [4.78, 5) is 24.9. The first-order valence-corrected chi connectivity index (χ1v) is 12.3. The number of hydrogen-bond donors (Lipinski definition) is 2. The average Bonchev–Trinajstić information content (AvgIpc) is 3.36. The molecule has 34 heavy (non-hydrogen) atoms. The highest BCUT2D eigenvalue weighted by molar-refractivity contribution is 5.73. The van der Waals surface area contributed by atoms with Crippen LogP contribution in [0, 0.1) is 0 Å². The van der Waals surface area contributed by atoms with Gasteiger partial charge in [0.05, 0.1) is 13.7 Å². The lowest BCUT2D eigenvalue weighted by Crippen LogP contribution is -2.41. The maximum Gasteiger partial charge on any atom is 0.229 e. The molecule has 184 valence electrons. The molecule has 4 rings (SSSR count). The van der Waals surface area contributed by atoms with Crippen LogP contribution in [0.25, 0.3) is 0 Å². The minimum Gasteiger partial charge on any atom is -0.493 e. The second-order valence-corrected chi connectivity index (χ2v) is 8.93. The first-order chi connectivity index (χ1) is 16.6. The quantitative estimate of drug-likeness (QED) is 0.512. The summed E-state index contributed by atoms with van der Waals surface area (Å²) in [6, 6.07) is 7.90. The van der Waals surface area contributed by atoms with Gasteiger partial charge in [-0.1, -0.05) is 0 Å². The Bertz CT molecular complexity index is 942. The Balaban J connectivity index is 1.32. The number of likely N-dealkylation sites (tertiary alicyclic amines) is 2. The number of amides is 1. The molecule has 0 aliphatic carbocycles. The minimum atomic E-state index is 0.140. The van der Waals surface area contributed by atoms with E-state index in [4.69, 9.17) is 9.47 Å². The fourth-order valence-corrected chi connectivity index (χ4v) is 4.52. The molecule has 0 atom stereocenters. The standard InChI is InChI=1S/C25H36N6O3/c1-19(32)31-15-9-20(10-16-31)27-24-8-11-26-25(29-24)28-21-6-7-22(33-2)23(18-21)34-17-5-14-30-12-3-4-13-30/h6-8,11,18,20H,3-5,9-10,12-17H2,1-2H3,(H2,26,27,28,29). The van der Waals surface area contributed by atoms with Crippen molar-refractivity contribution < 1.29 is 14.3 Å². The lowest BCUT2D eigenvalue weighted by molar-refractivity contribution is -0.129. The molecule has 2 saturated heterocycles. The molecule has 2 aliphatic heterocycles. The SMILES string of the molecule is COc1ccc(Nc2nccc(NC3CCN(C(C)=O)CC3)n2)cc1OCCCN1CCCC1. The van der Waals surface area contributed by atoms with Crippen LogP contribution in [0.15, 0.2) is 30.5 Å². The number of nitrogens with zero attached hydrogens (tertiary/aromatic N) is 4. The van der Waals surface area contributed by atoms with Crippen molar-refractivity contribution in [2.45, 2.75) is 45.1 Å². The van der Waals surface area contributed by atoms with Crippen molar-refractivity contribution in [2.24, 2.45) is 0 Å². The van der Waals surface area contributed by atoms with Gasteiger partial charge in [-0.3, -0.25) is 4.79 Å². The monoisotopic (exact) mass is 468 g/mol. The van der Waals surface area contributed by atoms with Crippen LogP contribution < -0.4 is 20.1 Å². The van der Waals surface area contributed by atoms with Crippen molar-refractivity contribution in [3.8, 4) is 11.5 Å². The minimum absolute atomic E-state index is 0.140. The molecule has 0 unspecified atom stereocenters. The van der Waals surface area contributed by atoms with Gasteiger partial charge in [-0.05, 0) is 63.4 Å². The number of nitrogens with one attached hydrogen (secondary N) is 2. The zero-order valence-corrected chi connectivity index (χ0v) is 20.3. The molecule has 2 fully saturated rings. The van der Waals surface area contributed by atoms with Crippen LogP contribution in [-0.2, 0) is 4.79 Å². The van der Waals surface area contributed by atoms with Gasteiger partial charge in [0.1, 0.15) is 5.82 Å². The summed E-state index contributed by atoms with van der Waals surface area (Å²) in [6.45, 7) is 7.30. The van der Waals surface area contributed by atoms with Gasteiger partial charge in [0.25, 0.3) is 0 Å². The van der Waals surface area contributed by atoms with Gasteiger partial charge in [-0.15, -0.1) is 0 Å². The zero-order chi connectivity index (χ0) is 23.8. The van der Waals surface area contributed by atoms with E-state index in [9.17, 15) is 4.79 Å². The van der Waals surface area contributed by atoms with Crippen molar-refractivity contribution in [1.29, 1.82) is 0 Å². The van der Waals surface area contributed by atoms with Crippen molar-refractivity contribution >= 4 is 23.4 Å². The zero-order valence-electron chi connectivity index (χ0n) is 20.3. The fourth-order valence-electron chi connectivity index (χ4n) is 4.52. The predicted molar refractivity (Wildman–Crippen MR) is 133 cm³/mol. The average molecular weight is 469 g/mol. The number of carbonyl (C=O) groups is 1. The number of piperidine rings is 1. The Hall–Kier alpha value is -3.07. The number of hydrogen-bond acceptors (Lipinski definition) is 8. The number of benzene rings is 1. The lowest BCUT2D eigenvalue weighted by atomic mass is 10.1. The number of rotatable bonds is 10. The Morgan fingerprint density at radius 1 is 1.12 bits per heavy atom. The molecule has 3 heterocycles. The van der Waals surface area contributed by atoms with Gasteiger partial charge < -0.3 is 29.9 Å². The Morgan fingerprint density at radius 3 is 2.65 bits per heavy atom. The maximum atomic E-state index is 11.5. The first kappa shape index (κ1) is 24.1. The van der Waals surface area contributed by atoms with Crippen molar-refractivity contribution in [1.82, 2.24) is 19.8 Å². The van der Waals surface area contributed by atoms with E-state index in [0.29, 0.717) is 30.1 Å². The summed E-state index contributed by atoms with van der Waals surface area (Å²) in [6.07, 6.45) is 7.15. The van der Waals surface area contributed by atoms with Crippen molar-refractivity contribution in [3.63, 3.8) is 0 Å². The molecule has 0 saturated carbocycles. The largest absolute Gasteiger partial charge is 0.493 e. The molecular weight excluding hydrogens is 432 g/mol. The smallest absolute Gasteiger partial charge is 0.229 e. The normalized spacial score (nSPS) is 16.9. The van der Waals surface area contributed by atoms with Gasteiger partial charge in [0.15, 0.2) is 11.5 Å². The molecular formula is C25H36N6O3. The number of anilines is 3. The third-order valence-corrected chi connectivity index (χ3v) is 6.44. The van der Waals surface area contributed by atoms with Crippen LogP contribution in [0.1, 0.15) is 39.0 Å². The van der Waals surface area contributed by atoms with Gasteiger partial charge in [0, 0.05) is 50.6 Å². The molecule has 9 nitrogen and oxygen atoms in total. The van der Waals surface area contributed by atoms with E-state index in [1.807, 2.05) is 29.2 Å². The molecule has 1 amide bonds. The third kappa shape index (κ3) is 6.72. The maximum absolute atomic E-state index is 11.5. The van der Waals surface area contributed by atoms with Gasteiger partial charge in [0.2, 0.25) is 11.9 Å². The highest BCUT2D eigenvalue weighted by Gasteiger charge is 2.21. The summed E-state index contributed by atoms with van der Waals surface area (Å²) < 4.78 is 11.5. The van der Waals surface area contributed by atoms with Crippen LogP contribution in [0.5, 0.6) is 11.5 Å². The van der Waals surface area contributed by atoms with E-state index < -0.39 is 0 Å². The summed E-state index contributed by atoms with van der Waals surface area (Å²) in [5.41, 5.74) is 0.835. The van der Waals surface area contributed by atoms with Crippen LogP contribution in [0.2, 0.25) is 0 Å². The summed E-state index contributed by atoms with van der Waals surface area (Å²) in [5.74, 6) is 2.84. The summed E-state index contributed by atoms with van der Waals surface area (Å²) >= 11 is 0. The fraction of sp³-hybridized carbons (Fsp3) is 0.560.